The number of carbonyl (C=O) groups is 2. The largest absolute Gasteiger partial charge is 0.460 e. The molecule has 4 atom stereocenters. The number of ether oxygens (including phenoxy) is 1. The Kier molecular flexibility index (Phi) is 5.39. The summed E-state index contributed by atoms with van der Waals surface area (Å²) < 4.78 is 6.44. The van der Waals surface area contributed by atoms with E-state index in [0.29, 0.717) is 5.13 Å². The van der Waals surface area contributed by atoms with Gasteiger partial charge in [0, 0.05) is 0 Å². The lowest BCUT2D eigenvalue weighted by Gasteiger charge is -2.26. The molecule has 2 aliphatic rings. The number of rotatable bonds is 6. The monoisotopic (exact) mass is 424 g/mol. The van der Waals surface area contributed by atoms with Gasteiger partial charge in [-0.05, 0) is 30.4 Å². The lowest BCUT2D eigenvalue weighted by atomic mass is 9.82. The van der Waals surface area contributed by atoms with Gasteiger partial charge in [0.2, 0.25) is 5.91 Å². The summed E-state index contributed by atoms with van der Waals surface area (Å²) in [6.45, 7) is 0. The summed E-state index contributed by atoms with van der Waals surface area (Å²) in [5.74, 6) is -1.26. The predicted molar refractivity (Wildman–Crippen MR) is 107 cm³/mol. The van der Waals surface area contributed by atoms with E-state index in [1.54, 1.807) is 0 Å². The number of fused-ring (bicyclic) bond motifs is 3. The third-order valence-electron chi connectivity index (χ3n) is 5.19. The number of amides is 1. The van der Waals surface area contributed by atoms with Crippen molar-refractivity contribution in [1.29, 1.82) is 0 Å². The molecule has 1 amide bonds. The van der Waals surface area contributed by atoms with Crippen LogP contribution in [0.5, 0.6) is 0 Å². The Balaban J connectivity index is 1.52. The van der Waals surface area contributed by atoms with Crippen LogP contribution in [-0.2, 0) is 14.3 Å². The summed E-state index contributed by atoms with van der Waals surface area (Å²) >= 11 is 13.0. The Morgan fingerprint density at radius 3 is 2.59 bits per heavy atom. The highest BCUT2D eigenvalue weighted by Crippen LogP contribution is 2.49. The standard InChI is InChI=1S/C19H18Cl2N2O3S/c20-8-12(9-21)26-18(25)16-11-6-5-10(7-11)15(16)17(24)23-19-22-13-3-1-2-4-14(13)27-19/h1-6,10-12,15-16H,7-9H2,(H,22,23,24)/t10-,11-,15+,16+/m0/s1. The van der Waals surface area contributed by atoms with Crippen molar-refractivity contribution in [2.75, 3.05) is 17.1 Å². The molecule has 4 rings (SSSR count). The van der Waals surface area contributed by atoms with Crippen molar-refractivity contribution in [3.8, 4) is 0 Å². The number of esters is 1. The lowest BCUT2D eigenvalue weighted by molar-refractivity contribution is -0.156. The molecule has 142 valence electrons. The summed E-state index contributed by atoms with van der Waals surface area (Å²) in [5, 5.41) is 3.44. The second kappa shape index (κ2) is 7.78. The second-order valence-corrected chi connectivity index (χ2v) is 8.49. The summed E-state index contributed by atoms with van der Waals surface area (Å²) in [6.07, 6.45) is 4.27. The van der Waals surface area contributed by atoms with Crippen molar-refractivity contribution in [3.63, 3.8) is 0 Å². The molecule has 2 aliphatic carbocycles. The van der Waals surface area contributed by atoms with E-state index in [-0.39, 0.29) is 29.5 Å². The predicted octanol–water partition coefficient (Wildman–Crippen LogP) is 4.06. The number of allylic oxidation sites excluding steroid dienone is 2. The first-order valence-electron chi connectivity index (χ1n) is 8.78. The van der Waals surface area contributed by atoms with Crippen LogP contribution in [0.1, 0.15) is 6.42 Å². The maximum Gasteiger partial charge on any atom is 0.310 e. The number of carbonyl (C=O) groups excluding carboxylic acids is 2. The highest BCUT2D eigenvalue weighted by atomic mass is 35.5. The van der Waals surface area contributed by atoms with Crippen molar-refractivity contribution in [2.24, 2.45) is 23.7 Å². The van der Waals surface area contributed by atoms with Gasteiger partial charge in [0.05, 0.1) is 33.8 Å². The number of benzene rings is 1. The number of hydrogen-bond donors (Lipinski definition) is 1. The maximum atomic E-state index is 13.0. The molecule has 2 aromatic rings. The number of para-hydroxylation sites is 1. The summed E-state index contributed by atoms with van der Waals surface area (Å²) in [6, 6.07) is 7.70. The molecule has 0 radical (unpaired) electrons. The third-order valence-corrected chi connectivity index (χ3v) is 6.83. The lowest BCUT2D eigenvalue weighted by Crippen LogP contribution is -2.39. The molecule has 0 spiro atoms. The fourth-order valence-corrected chi connectivity index (χ4v) is 5.29. The zero-order valence-electron chi connectivity index (χ0n) is 14.3. The molecular weight excluding hydrogens is 407 g/mol. The summed E-state index contributed by atoms with van der Waals surface area (Å²) in [5.41, 5.74) is 0.841. The molecule has 2 bridgehead atoms. The number of alkyl halides is 2. The van der Waals surface area contributed by atoms with Gasteiger partial charge in [-0.3, -0.25) is 9.59 Å². The number of hydrogen-bond acceptors (Lipinski definition) is 5. The Bertz CT molecular complexity index is 863. The number of halogens is 2. The zero-order chi connectivity index (χ0) is 19.0. The molecule has 1 saturated carbocycles. The van der Waals surface area contributed by atoms with Crippen LogP contribution < -0.4 is 5.32 Å². The van der Waals surface area contributed by atoms with Gasteiger partial charge in [0.1, 0.15) is 6.10 Å². The Morgan fingerprint density at radius 2 is 1.89 bits per heavy atom. The van der Waals surface area contributed by atoms with E-state index in [9.17, 15) is 9.59 Å². The van der Waals surface area contributed by atoms with Crippen molar-refractivity contribution < 1.29 is 14.3 Å². The van der Waals surface area contributed by atoms with E-state index in [2.05, 4.69) is 10.3 Å². The van der Waals surface area contributed by atoms with Crippen molar-refractivity contribution in [3.05, 3.63) is 36.4 Å². The Morgan fingerprint density at radius 1 is 1.19 bits per heavy atom. The average molecular weight is 425 g/mol. The van der Waals surface area contributed by atoms with Crippen molar-refractivity contribution in [2.45, 2.75) is 12.5 Å². The van der Waals surface area contributed by atoms with E-state index in [0.717, 1.165) is 16.6 Å². The molecule has 27 heavy (non-hydrogen) atoms. The van der Waals surface area contributed by atoms with E-state index >= 15 is 0 Å². The molecular formula is C19H18Cl2N2O3S. The van der Waals surface area contributed by atoms with Crippen LogP contribution in [-0.4, -0.2) is 34.7 Å². The van der Waals surface area contributed by atoms with Crippen molar-refractivity contribution in [1.82, 2.24) is 4.98 Å². The molecule has 0 aliphatic heterocycles. The molecule has 1 N–H and O–H groups in total. The Labute approximate surface area is 170 Å². The Hall–Kier alpha value is -1.63. The summed E-state index contributed by atoms with van der Waals surface area (Å²) in [7, 11) is 0. The second-order valence-electron chi connectivity index (χ2n) is 6.84. The fourth-order valence-electron chi connectivity index (χ4n) is 3.96. The van der Waals surface area contributed by atoms with Crippen molar-refractivity contribution >= 4 is 61.8 Å². The van der Waals surface area contributed by atoms with Gasteiger partial charge in [-0.2, -0.15) is 0 Å². The number of nitrogens with one attached hydrogen (secondary N) is 1. The average Bonchev–Trinajstić information content (AvgIpc) is 3.38. The first-order valence-corrected chi connectivity index (χ1v) is 10.7. The SMILES string of the molecule is O=C(Nc1nc2ccccc2s1)[C@H]1[C@H](C(=O)OC(CCl)CCl)[C@H]2C=C[C@H]1C2. The molecule has 0 saturated heterocycles. The number of nitrogens with zero attached hydrogens (tertiary/aromatic N) is 1. The normalized spacial score (nSPS) is 26.0. The smallest absolute Gasteiger partial charge is 0.310 e. The minimum Gasteiger partial charge on any atom is -0.460 e. The van der Waals surface area contributed by atoms with Gasteiger partial charge in [-0.15, -0.1) is 23.2 Å². The number of aromatic nitrogens is 1. The minimum atomic E-state index is -0.545. The molecule has 1 heterocycles. The zero-order valence-corrected chi connectivity index (χ0v) is 16.6. The summed E-state index contributed by atoms with van der Waals surface area (Å²) in [4.78, 5) is 30.1. The van der Waals surface area contributed by atoms with Gasteiger partial charge < -0.3 is 10.1 Å². The minimum absolute atomic E-state index is 0.0138. The van der Waals surface area contributed by atoms with Crippen LogP contribution in [0.3, 0.4) is 0 Å². The first kappa shape index (κ1) is 18.7. The van der Waals surface area contributed by atoms with Crippen LogP contribution in [0.4, 0.5) is 5.13 Å². The van der Waals surface area contributed by atoms with Gasteiger partial charge in [0.15, 0.2) is 5.13 Å². The van der Waals surface area contributed by atoms with Crippen LogP contribution in [0.25, 0.3) is 10.2 Å². The van der Waals surface area contributed by atoms with E-state index in [4.69, 9.17) is 27.9 Å². The molecule has 1 fully saturated rings. The van der Waals surface area contributed by atoms with Crippen LogP contribution in [0.2, 0.25) is 0 Å². The highest BCUT2D eigenvalue weighted by Gasteiger charge is 2.52. The first-order chi connectivity index (χ1) is 13.1. The molecule has 0 unspecified atom stereocenters. The fraction of sp³-hybridized carbons (Fsp3) is 0.421. The number of anilines is 1. The van der Waals surface area contributed by atoms with Gasteiger partial charge in [-0.1, -0.05) is 35.6 Å². The molecule has 1 aromatic heterocycles. The van der Waals surface area contributed by atoms with E-state index in [1.165, 1.54) is 11.3 Å². The topological polar surface area (TPSA) is 68.3 Å². The van der Waals surface area contributed by atoms with Crippen LogP contribution in [0.15, 0.2) is 36.4 Å². The molecule has 1 aromatic carbocycles. The quantitative estimate of drug-likeness (QED) is 0.431. The van der Waals surface area contributed by atoms with E-state index < -0.39 is 23.9 Å². The molecule has 8 heteroatoms. The van der Waals surface area contributed by atoms with Gasteiger partial charge in [0.25, 0.3) is 0 Å². The van der Waals surface area contributed by atoms with Crippen LogP contribution in [0, 0.1) is 23.7 Å². The van der Waals surface area contributed by atoms with Gasteiger partial charge in [-0.25, -0.2) is 4.98 Å². The van der Waals surface area contributed by atoms with Gasteiger partial charge >= 0.3 is 5.97 Å². The highest BCUT2D eigenvalue weighted by molar-refractivity contribution is 7.22. The number of thiazole rings is 1. The maximum absolute atomic E-state index is 13.0. The molecule has 5 nitrogen and oxygen atoms in total. The third kappa shape index (κ3) is 3.58. The van der Waals surface area contributed by atoms with Crippen LogP contribution >= 0.6 is 34.5 Å². The van der Waals surface area contributed by atoms with E-state index in [1.807, 2.05) is 36.4 Å².